The number of hydrogen-bond donors (Lipinski definition) is 3. The number of benzene rings is 1. The molecule has 5 nitrogen and oxygen atoms in total. The van der Waals surface area contributed by atoms with Crippen molar-refractivity contribution in [2.45, 2.75) is 30.1 Å². The number of carbonyl (C=O) groups is 2. The smallest absolute Gasteiger partial charge is 0.326 e. The molecule has 0 bridgehead atoms. The van der Waals surface area contributed by atoms with Gasteiger partial charge in [0.15, 0.2) is 0 Å². The number of carboxylic acids is 1. The second-order valence-electron chi connectivity index (χ2n) is 5.29. The van der Waals surface area contributed by atoms with E-state index in [0.717, 1.165) is 18.4 Å². The Morgan fingerprint density at radius 2 is 2.00 bits per heavy atom. The van der Waals surface area contributed by atoms with E-state index in [0.29, 0.717) is 6.54 Å². The van der Waals surface area contributed by atoms with Crippen LogP contribution in [0.15, 0.2) is 30.3 Å². The SMILES string of the molecule is CSC1(CNC(=O)N[C@H](Cc2ccccc2)C(=O)O)CC1. The molecule has 1 saturated carbocycles. The maximum atomic E-state index is 11.8. The molecule has 21 heavy (non-hydrogen) atoms. The first-order valence-corrected chi connectivity index (χ1v) is 8.13. The summed E-state index contributed by atoms with van der Waals surface area (Å²) in [4.78, 5) is 23.1. The molecule has 1 aromatic carbocycles. The fourth-order valence-electron chi connectivity index (χ4n) is 2.09. The van der Waals surface area contributed by atoms with Gasteiger partial charge in [-0.15, -0.1) is 0 Å². The average molecular weight is 308 g/mol. The van der Waals surface area contributed by atoms with Crippen molar-refractivity contribution in [2.24, 2.45) is 0 Å². The molecule has 3 N–H and O–H groups in total. The van der Waals surface area contributed by atoms with Crippen LogP contribution in [0, 0.1) is 0 Å². The van der Waals surface area contributed by atoms with Crippen molar-refractivity contribution in [1.82, 2.24) is 10.6 Å². The maximum Gasteiger partial charge on any atom is 0.326 e. The molecule has 0 radical (unpaired) electrons. The van der Waals surface area contributed by atoms with E-state index in [9.17, 15) is 14.7 Å². The van der Waals surface area contributed by atoms with Crippen molar-refractivity contribution in [2.75, 3.05) is 12.8 Å². The standard InChI is InChI=1S/C15H20N2O3S/c1-21-15(7-8-15)10-16-14(20)17-12(13(18)19)9-11-5-3-2-4-6-11/h2-6,12H,7-10H2,1H3,(H,18,19)(H2,16,17,20)/t12-/m1/s1. The van der Waals surface area contributed by atoms with Crippen LogP contribution in [0.5, 0.6) is 0 Å². The zero-order valence-corrected chi connectivity index (χ0v) is 12.8. The van der Waals surface area contributed by atoms with Crippen LogP contribution in [0.2, 0.25) is 0 Å². The summed E-state index contributed by atoms with van der Waals surface area (Å²) in [5.74, 6) is -1.03. The third-order valence-electron chi connectivity index (χ3n) is 3.70. The molecule has 6 heteroatoms. The Kier molecular flexibility index (Phi) is 5.12. The van der Waals surface area contributed by atoms with Gasteiger partial charge in [0.2, 0.25) is 0 Å². The van der Waals surface area contributed by atoms with Crippen LogP contribution in [0.3, 0.4) is 0 Å². The van der Waals surface area contributed by atoms with E-state index < -0.39 is 18.0 Å². The predicted molar refractivity (Wildman–Crippen MR) is 83.6 cm³/mol. The van der Waals surface area contributed by atoms with Crippen molar-refractivity contribution in [3.63, 3.8) is 0 Å². The largest absolute Gasteiger partial charge is 0.480 e. The van der Waals surface area contributed by atoms with Gasteiger partial charge in [0, 0.05) is 17.7 Å². The minimum absolute atomic E-state index is 0.162. The summed E-state index contributed by atoms with van der Waals surface area (Å²) in [6, 6.07) is 7.94. The first-order chi connectivity index (χ1) is 10.0. The van der Waals surface area contributed by atoms with E-state index >= 15 is 0 Å². The Morgan fingerprint density at radius 1 is 1.33 bits per heavy atom. The zero-order valence-electron chi connectivity index (χ0n) is 12.0. The van der Waals surface area contributed by atoms with E-state index in [1.165, 1.54) is 0 Å². The lowest BCUT2D eigenvalue weighted by Crippen LogP contribution is -2.48. The number of thioether (sulfide) groups is 1. The highest BCUT2D eigenvalue weighted by molar-refractivity contribution is 8.00. The lowest BCUT2D eigenvalue weighted by molar-refractivity contribution is -0.139. The highest BCUT2D eigenvalue weighted by Gasteiger charge is 2.42. The third kappa shape index (κ3) is 4.67. The summed E-state index contributed by atoms with van der Waals surface area (Å²) in [5.41, 5.74) is 0.882. The molecule has 1 atom stereocenters. The topological polar surface area (TPSA) is 78.4 Å². The molecule has 1 aliphatic carbocycles. The normalized spacial score (nSPS) is 16.8. The molecular weight excluding hydrogens is 288 g/mol. The van der Waals surface area contributed by atoms with E-state index in [2.05, 4.69) is 10.6 Å². The van der Waals surface area contributed by atoms with Gasteiger partial charge in [0.1, 0.15) is 6.04 Å². The first kappa shape index (κ1) is 15.7. The van der Waals surface area contributed by atoms with Gasteiger partial charge in [-0.1, -0.05) is 30.3 Å². The van der Waals surface area contributed by atoms with Crippen LogP contribution in [0.25, 0.3) is 0 Å². The van der Waals surface area contributed by atoms with Crippen molar-refractivity contribution in [3.8, 4) is 0 Å². The predicted octanol–water partition coefficient (Wildman–Crippen LogP) is 1.88. The Labute approximate surface area is 128 Å². The highest BCUT2D eigenvalue weighted by Crippen LogP contribution is 2.46. The number of amides is 2. The molecule has 1 fully saturated rings. The van der Waals surface area contributed by atoms with Gasteiger partial charge in [-0.2, -0.15) is 11.8 Å². The van der Waals surface area contributed by atoms with Crippen LogP contribution in [0.1, 0.15) is 18.4 Å². The summed E-state index contributed by atoms with van der Waals surface area (Å²) in [6.45, 7) is 0.581. The molecule has 0 aliphatic heterocycles. The second kappa shape index (κ2) is 6.85. The van der Waals surface area contributed by atoms with Gasteiger partial charge in [0.05, 0.1) is 0 Å². The molecule has 0 aromatic heterocycles. The van der Waals surface area contributed by atoms with Gasteiger partial charge in [0.25, 0.3) is 0 Å². The van der Waals surface area contributed by atoms with E-state index in [1.54, 1.807) is 11.8 Å². The summed E-state index contributed by atoms with van der Waals surface area (Å²) >= 11 is 1.75. The number of hydrogen-bond acceptors (Lipinski definition) is 3. The van der Waals surface area contributed by atoms with E-state index in [4.69, 9.17) is 0 Å². The molecular formula is C15H20N2O3S. The lowest BCUT2D eigenvalue weighted by Gasteiger charge is -2.17. The number of urea groups is 1. The molecule has 0 spiro atoms. The number of nitrogens with one attached hydrogen (secondary N) is 2. The van der Waals surface area contributed by atoms with Gasteiger partial charge >= 0.3 is 12.0 Å². The fraction of sp³-hybridized carbons (Fsp3) is 0.467. The number of carbonyl (C=O) groups excluding carboxylic acids is 1. The molecule has 2 amide bonds. The van der Waals surface area contributed by atoms with Crippen LogP contribution < -0.4 is 10.6 Å². The molecule has 1 aliphatic rings. The molecule has 0 heterocycles. The summed E-state index contributed by atoms with van der Waals surface area (Å²) < 4.78 is 0.162. The Morgan fingerprint density at radius 3 is 2.52 bits per heavy atom. The Balaban J connectivity index is 1.84. The minimum atomic E-state index is -1.03. The molecule has 114 valence electrons. The maximum absolute atomic E-state index is 11.8. The first-order valence-electron chi connectivity index (χ1n) is 6.91. The van der Waals surface area contributed by atoms with Crippen molar-refractivity contribution >= 4 is 23.8 Å². The van der Waals surface area contributed by atoms with Crippen molar-refractivity contribution < 1.29 is 14.7 Å². The van der Waals surface area contributed by atoms with Crippen LogP contribution in [0.4, 0.5) is 4.79 Å². The molecule has 0 unspecified atom stereocenters. The summed E-state index contributed by atoms with van der Waals surface area (Å²) in [6.07, 6.45) is 4.50. The molecule has 2 rings (SSSR count). The second-order valence-corrected chi connectivity index (χ2v) is 6.57. The van der Waals surface area contributed by atoms with Crippen LogP contribution in [-0.4, -0.2) is 40.7 Å². The molecule has 1 aromatic rings. The Hall–Kier alpha value is -1.69. The van der Waals surface area contributed by atoms with E-state index in [-0.39, 0.29) is 11.2 Å². The van der Waals surface area contributed by atoms with Gasteiger partial charge in [-0.3, -0.25) is 0 Å². The minimum Gasteiger partial charge on any atom is -0.480 e. The quantitative estimate of drug-likeness (QED) is 0.718. The van der Waals surface area contributed by atoms with Crippen LogP contribution >= 0.6 is 11.8 Å². The average Bonchev–Trinajstić information content (AvgIpc) is 3.26. The Bertz CT molecular complexity index is 503. The van der Waals surface area contributed by atoms with Gasteiger partial charge < -0.3 is 15.7 Å². The van der Waals surface area contributed by atoms with Gasteiger partial charge in [-0.05, 0) is 24.7 Å². The monoisotopic (exact) mass is 308 g/mol. The van der Waals surface area contributed by atoms with Gasteiger partial charge in [-0.25, -0.2) is 9.59 Å². The van der Waals surface area contributed by atoms with Crippen LogP contribution in [-0.2, 0) is 11.2 Å². The van der Waals surface area contributed by atoms with Crippen molar-refractivity contribution in [1.29, 1.82) is 0 Å². The summed E-state index contributed by atoms with van der Waals surface area (Å²) in [7, 11) is 0. The number of aliphatic carboxylic acids is 1. The number of rotatable bonds is 7. The highest BCUT2D eigenvalue weighted by atomic mass is 32.2. The number of carboxylic acid groups (broad SMARTS) is 1. The lowest BCUT2D eigenvalue weighted by atomic mass is 10.1. The summed E-state index contributed by atoms with van der Waals surface area (Å²) in [5, 5.41) is 14.5. The fourth-order valence-corrected chi connectivity index (χ4v) is 2.82. The molecule has 0 saturated heterocycles. The van der Waals surface area contributed by atoms with E-state index in [1.807, 2.05) is 36.6 Å². The zero-order chi connectivity index (χ0) is 15.3. The van der Waals surface area contributed by atoms with Crippen molar-refractivity contribution in [3.05, 3.63) is 35.9 Å². The third-order valence-corrected chi connectivity index (χ3v) is 5.12.